The number of benzene rings is 1. The second-order valence-corrected chi connectivity index (χ2v) is 5.87. The van der Waals surface area contributed by atoms with Crippen LogP contribution in [0.5, 0.6) is 5.75 Å². The third-order valence-corrected chi connectivity index (χ3v) is 4.14. The van der Waals surface area contributed by atoms with E-state index in [9.17, 15) is 0 Å². The first-order valence-corrected chi connectivity index (χ1v) is 8.03. The molecule has 0 aromatic heterocycles. The van der Waals surface area contributed by atoms with Gasteiger partial charge in [0.05, 0.1) is 11.6 Å². The van der Waals surface area contributed by atoms with Crippen LogP contribution in [0.15, 0.2) is 22.7 Å². The van der Waals surface area contributed by atoms with Gasteiger partial charge in [0.2, 0.25) is 0 Å². The predicted octanol–water partition coefficient (Wildman–Crippen LogP) is 4.76. The van der Waals surface area contributed by atoms with Crippen molar-refractivity contribution in [3.8, 4) is 5.75 Å². The minimum absolute atomic E-state index is 0.807. The molecule has 0 saturated heterocycles. The van der Waals surface area contributed by atoms with E-state index in [0.29, 0.717) is 0 Å². The fourth-order valence-corrected chi connectivity index (χ4v) is 2.77. The number of hydrogen-bond donors (Lipinski definition) is 1. The van der Waals surface area contributed by atoms with Gasteiger partial charge in [0.25, 0.3) is 0 Å². The molecule has 0 aliphatic heterocycles. The highest BCUT2D eigenvalue weighted by molar-refractivity contribution is 9.10. The van der Waals surface area contributed by atoms with E-state index in [1.807, 2.05) is 6.07 Å². The van der Waals surface area contributed by atoms with E-state index in [2.05, 4.69) is 47.2 Å². The largest absolute Gasteiger partial charge is 0.496 e. The highest BCUT2D eigenvalue weighted by Crippen LogP contribution is 2.25. The van der Waals surface area contributed by atoms with Crippen LogP contribution in [0.1, 0.15) is 45.1 Å². The van der Waals surface area contributed by atoms with E-state index in [1.54, 1.807) is 7.11 Å². The highest BCUT2D eigenvalue weighted by Gasteiger charge is 2.06. The molecule has 0 saturated carbocycles. The molecule has 0 heterocycles. The normalized spacial score (nSPS) is 12.4. The Balaban J connectivity index is 2.37. The molecule has 0 amide bonds. The molecular weight excluding hydrogens is 302 g/mol. The van der Waals surface area contributed by atoms with Gasteiger partial charge in [-0.1, -0.05) is 39.2 Å². The molecule has 1 aromatic carbocycles. The Labute approximate surface area is 126 Å². The van der Waals surface area contributed by atoms with Crippen molar-refractivity contribution in [3.05, 3.63) is 28.2 Å². The summed E-state index contributed by atoms with van der Waals surface area (Å²) in [6.07, 6.45) is 5.24. The molecule has 0 aliphatic rings. The second-order valence-electron chi connectivity index (χ2n) is 5.02. The second kappa shape index (κ2) is 9.38. The van der Waals surface area contributed by atoms with Gasteiger partial charge >= 0.3 is 0 Å². The van der Waals surface area contributed by atoms with Crippen LogP contribution in [0.3, 0.4) is 0 Å². The molecule has 2 nitrogen and oxygen atoms in total. The molecule has 3 heteroatoms. The Morgan fingerprint density at radius 1 is 1.32 bits per heavy atom. The van der Waals surface area contributed by atoms with Crippen LogP contribution in [0.4, 0.5) is 0 Å². The van der Waals surface area contributed by atoms with Crippen LogP contribution in [-0.4, -0.2) is 13.7 Å². The smallest absolute Gasteiger partial charge is 0.133 e. The molecule has 0 spiro atoms. The maximum Gasteiger partial charge on any atom is 0.133 e. The Hall–Kier alpha value is -0.540. The SMILES string of the molecule is CCCCC(CC)CNCc1ccc(OC)c(Br)c1. The average Bonchev–Trinajstić information content (AvgIpc) is 2.42. The lowest BCUT2D eigenvalue weighted by Gasteiger charge is -2.15. The van der Waals surface area contributed by atoms with E-state index in [0.717, 1.165) is 29.2 Å². The van der Waals surface area contributed by atoms with Gasteiger partial charge in [-0.2, -0.15) is 0 Å². The molecule has 0 fully saturated rings. The number of rotatable bonds is 9. The number of unbranched alkanes of at least 4 members (excludes halogenated alkanes) is 1. The summed E-state index contributed by atoms with van der Waals surface area (Å²) in [5.41, 5.74) is 1.29. The first-order valence-electron chi connectivity index (χ1n) is 7.24. The van der Waals surface area contributed by atoms with Crippen LogP contribution in [0.25, 0.3) is 0 Å². The Kier molecular flexibility index (Phi) is 8.15. The fourth-order valence-electron chi connectivity index (χ4n) is 2.18. The van der Waals surface area contributed by atoms with E-state index in [-0.39, 0.29) is 0 Å². The summed E-state index contributed by atoms with van der Waals surface area (Å²) < 4.78 is 6.26. The van der Waals surface area contributed by atoms with Crippen LogP contribution in [0, 0.1) is 5.92 Å². The Morgan fingerprint density at radius 2 is 2.11 bits per heavy atom. The lowest BCUT2D eigenvalue weighted by atomic mass is 9.99. The molecule has 0 radical (unpaired) electrons. The summed E-state index contributed by atoms with van der Waals surface area (Å²) in [4.78, 5) is 0. The molecule has 19 heavy (non-hydrogen) atoms. The van der Waals surface area contributed by atoms with Crippen LogP contribution < -0.4 is 10.1 Å². The molecule has 1 rings (SSSR count). The van der Waals surface area contributed by atoms with Crippen molar-refractivity contribution in [2.45, 2.75) is 46.1 Å². The lowest BCUT2D eigenvalue weighted by molar-refractivity contribution is 0.411. The van der Waals surface area contributed by atoms with Crippen LogP contribution >= 0.6 is 15.9 Å². The first kappa shape index (κ1) is 16.5. The number of methoxy groups -OCH3 is 1. The van der Waals surface area contributed by atoms with E-state index >= 15 is 0 Å². The van der Waals surface area contributed by atoms with Gasteiger partial charge in [-0.25, -0.2) is 0 Å². The van der Waals surface area contributed by atoms with Gasteiger partial charge < -0.3 is 10.1 Å². The average molecular weight is 328 g/mol. The molecule has 1 unspecified atom stereocenters. The third-order valence-electron chi connectivity index (χ3n) is 3.52. The zero-order valence-electron chi connectivity index (χ0n) is 12.3. The summed E-state index contributed by atoms with van der Waals surface area (Å²) in [5.74, 6) is 1.69. The number of hydrogen-bond acceptors (Lipinski definition) is 2. The molecule has 108 valence electrons. The summed E-state index contributed by atoms with van der Waals surface area (Å²) in [7, 11) is 1.69. The zero-order chi connectivity index (χ0) is 14.1. The molecule has 1 atom stereocenters. The summed E-state index contributed by atoms with van der Waals surface area (Å²) >= 11 is 3.52. The predicted molar refractivity (Wildman–Crippen MR) is 85.7 cm³/mol. The van der Waals surface area contributed by atoms with Gasteiger partial charge in [0.15, 0.2) is 0 Å². The maximum absolute atomic E-state index is 5.24. The molecule has 0 bridgehead atoms. The molecule has 1 N–H and O–H groups in total. The summed E-state index contributed by atoms with van der Waals surface area (Å²) in [5, 5.41) is 3.56. The maximum atomic E-state index is 5.24. The number of halogens is 1. The van der Waals surface area contributed by atoms with E-state index in [1.165, 1.54) is 31.2 Å². The van der Waals surface area contributed by atoms with Gasteiger partial charge in [0, 0.05) is 6.54 Å². The Morgan fingerprint density at radius 3 is 2.68 bits per heavy atom. The van der Waals surface area contributed by atoms with Crippen LogP contribution in [-0.2, 0) is 6.54 Å². The van der Waals surface area contributed by atoms with Crippen molar-refractivity contribution < 1.29 is 4.74 Å². The Bertz CT molecular complexity index is 368. The van der Waals surface area contributed by atoms with Crippen molar-refractivity contribution in [1.82, 2.24) is 5.32 Å². The summed E-state index contributed by atoms with van der Waals surface area (Å²) in [6, 6.07) is 6.25. The lowest BCUT2D eigenvalue weighted by Crippen LogP contribution is -2.22. The van der Waals surface area contributed by atoms with Crippen molar-refractivity contribution in [3.63, 3.8) is 0 Å². The fraction of sp³-hybridized carbons (Fsp3) is 0.625. The number of nitrogens with one attached hydrogen (secondary N) is 1. The number of ether oxygens (including phenoxy) is 1. The van der Waals surface area contributed by atoms with Gasteiger partial charge in [-0.05, 0) is 52.5 Å². The third kappa shape index (κ3) is 5.96. The first-order chi connectivity index (χ1) is 9.21. The summed E-state index contributed by atoms with van der Waals surface area (Å²) in [6.45, 7) is 6.58. The quantitative estimate of drug-likeness (QED) is 0.705. The highest BCUT2D eigenvalue weighted by atomic mass is 79.9. The van der Waals surface area contributed by atoms with Gasteiger partial charge in [-0.3, -0.25) is 0 Å². The minimum atomic E-state index is 0.807. The van der Waals surface area contributed by atoms with Crippen LogP contribution in [0.2, 0.25) is 0 Å². The standard InChI is InChI=1S/C16H26BrNO/c1-4-6-7-13(5-2)11-18-12-14-8-9-16(19-3)15(17)10-14/h8-10,13,18H,4-7,11-12H2,1-3H3. The topological polar surface area (TPSA) is 21.3 Å². The molecular formula is C16H26BrNO. The van der Waals surface area contributed by atoms with E-state index < -0.39 is 0 Å². The van der Waals surface area contributed by atoms with Crippen molar-refractivity contribution in [2.24, 2.45) is 5.92 Å². The van der Waals surface area contributed by atoms with Gasteiger partial charge in [0.1, 0.15) is 5.75 Å². The monoisotopic (exact) mass is 327 g/mol. The van der Waals surface area contributed by atoms with Crippen molar-refractivity contribution in [2.75, 3.05) is 13.7 Å². The minimum Gasteiger partial charge on any atom is -0.496 e. The molecule has 0 aliphatic carbocycles. The van der Waals surface area contributed by atoms with E-state index in [4.69, 9.17) is 4.74 Å². The zero-order valence-corrected chi connectivity index (χ0v) is 13.9. The van der Waals surface area contributed by atoms with Gasteiger partial charge in [-0.15, -0.1) is 0 Å². The molecule has 1 aromatic rings. The van der Waals surface area contributed by atoms with Crippen molar-refractivity contribution >= 4 is 15.9 Å². The van der Waals surface area contributed by atoms with Crippen molar-refractivity contribution in [1.29, 1.82) is 0 Å².